The van der Waals surface area contributed by atoms with Crippen molar-refractivity contribution in [3.8, 4) is 0 Å². The van der Waals surface area contributed by atoms with Crippen LogP contribution in [0.5, 0.6) is 0 Å². The van der Waals surface area contributed by atoms with Gasteiger partial charge in [0.05, 0.1) is 6.61 Å². The molecule has 0 saturated carbocycles. The molecule has 0 spiro atoms. The molecule has 6 heteroatoms. The summed E-state index contributed by atoms with van der Waals surface area (Å²) in [6.45, 7) is 3.91. The monoisotopic (exact) mass is 308 g/mol. The van der Waals surface area contributed by atoms with Crippen LogP contribution in [0.25, 0.3) is 0 Å². The zero-order valence-corrected chi connectivity index (χ0v) is 12.5. The molecule has 120 valence electrons. The Morgan fingerprint density at radius 3 is 2.24 bits per heavy atom. The highest BCUT2D eigenvalue weighted by Gasteiger charge is 2.56. The average molecular weight is 308 g/mol. The molecule has 0 aromatic heterocycles. The van der Waals surface area contributed by atoms with E-state index < -0.39 is 36.0 Å². The topological polar surface area (TPSA) is 29.5 Å². The number of halogens is 4. The van der Waals surface area contributed by atoms with Crippen molar-refractivity contribution in [2.24, 2.45) is 0 Å². The first-order chi connectivity index (χ1) is 9.43. The highest BCUT2D eigenvalue weighted by atomic mass is 19.4. The lowest BCUT2D eigenvalue weighted by molar-refractivity contribution is -0.279. The SMILES string of the molecule is COCC(O)(CC(C)(C)c1cc(F)ccc1C)C(F)(F)F. The molecule has 0 aliphatic carbocycles. The van der Waals surface area contributed by atoms with Crippen molar-refractivity contribution in [1.29, 1.82) is 0 Å². The minimum Gasteiger partial charge on any atom is -0.381 e. The predicted molar refractivity (Wildman–Crippen MR) is 71.7 cm³/mol. The van der Waals surface area contributed by atoms with E-state index in [-0.39, 0.29) is 0 Å². The lowest BCUT2D eigenvalue weighted by atomic mass is 9.73. The summed E-state index contributed by atoms with van der Waals surface area (Å²) in [7, 11) is 1.09. The molecule has 1 aromatic rings. The summed E-state index contributed by atoms with van der Waals surface area (Å²) in [5.41, 5.74) is -2.96. The van der Waals surface area contributed by atoms with E-state index in [1.54, 1.807) is 20.8 Å². The van der Waals surface area contributed by atoms with Crippen molar-refractivity contribution in [1.82, 2.24) is 0 Å². The van der Waals surface area contributed by atoms with E-state index >= 15 is 0 Å². The second-order valence-electron chi connectivity index (χ2n) is 5.98. The van der Waals surface area contributed by atoms with Gasteiger partial charge in [0.25, 0.3) is 0 Å². The molecule has 0 heterocycles. The van der Waals surface area contributed by atoms with Gasteiger partial charge in [-0.3, -0.25) is 0 Å². The number of methoxy groups -OCH3 is 1. The highest BCUT2D eigenvalue weighted by Crippen LogP contribution is 2.42. The number of alkyl halides is 3. The van der Waals surface area contributed by atoms with Crippen LogP contribution in [0.4, 0.5) is 17.6 Å². The van der Waals surface area contributed by atoms with Crippen LogP contribution in [0.15, 0.2) is 18.2 Å². The zero-order chi connectivity index (χ0) is 16.5. The van der Waals surface area contributed by atoms with Crippen LogP contribution in [0.3, 0.4) is 0 Å². The molecule has 0 amide bonds. The molecule has 0 aliphatic heterocycles. The first-order valence-electron chi connectivity index (χ1n) is 6.48. The number of rotatable bonds is 5. The quantitative estimate of drug-likeness (QED) is 0.840. The summed E-state index contributed by atoms with van der Waals surface area (Å²) < 4.78 is 57.2. The smallest absolute Gasteiger partial charge is 0.381 e. The van der Waals surface area contributed by atoms with Crippen molar-refractivity contribution in [2.75, 3.05) is 13.7 Å². The number of aryl methyl sites for hydroxylation is 1. The molecule has 1 N–H and O–H groups in total. The molecule has 2 nitrogen and oxygen atoms in total. The fraction of sp³-hybridized carbons (Fsp3) is 0.600. The number of hydrogen-bond donors (Lipinski definition) is 1. The zero-order valence-electron chi connectivity index (χ0n) is 12.5. The first kappa shape index (κ1) is 17.9. The largest absolute Gasteiger partial charge is 0.419 e. The van der Waals surface area contributed by atoms with Crippen LogP contribution in [0.2, 0.25) is 0 Å². The van der Waals surface area contributed by atoms with Gasteiger partial charge in [-0.2, -0.15) is 13.2 Å². The standard InChI is InChI=1S/C15H20F4O2/c1-10-5-6-11(16)7-12(10)13(2,3)8-14(20,9-21-4)15(17,18)19/h5-7,20H,8-9H2,1-4H3. The first-order valence-corrected chi connectivity index (χ1v) is 6.48. The number of aliphatic hydroxyl groups is 1. The Morgan fingerprint density at radius 1 is 1.19 bits per heavy atom. The van der Waals surface area contributed by atoms with E-state index in [1.165, 1.54) is 18.2 Å². The van der Waals surface area contributed by atoms with E-state index in [0.29, 0.717) is 11.1 Å². The Balaban J connectivity index is 3.20. The Morgan fingerprint density at radius 2 is 1.76 bits per heavy atom. The van der Waals surface area contributed by atoms with Gasteiger partial charge in [-0.05, 0) is 42.0 Å². The summed E-state index contributed by atoms with van der Waals surface area (Å²) >= 11 is 0. The van der Waals surface area contributed by atoms with Crippen molar-refractivity contribution in [3.05, 3.63) is 35.1 Å². The van der Waals surface area contributed by atoms with Crippen LogP contribution in [-0.4, -0.2) is 30.6 Å². The summed E-state index contributed by atoms with van der Waals surface area (Å²) in [5.74, 6) is -0.522. The van der Waals surface area contributed by atoms with Gasteiger partial charge in [0.1, 0.15) is 5.82 Å². The maximum atomic E-state index is 13.4. The molecular formula is C15H20F4O2. The highest BCUT2D eigenvalue weighted by molar-refractivity contribution is 5.33. The number of benzene rings is 1. The average Bonchev–Trinajstić information content (AvgIpc) is 2.30. The fourth-order valence-corrected chi connectivity index (χ4v) is 2.62. The Kier molecular flexibility index (Phi) is 5.05. The molecule has 0 bridgehead atoms. The van der Waals surface area contributed by atoms with E-state index in [4.69, 9.17) is 0 Å². The fourth-order valence-electron chi connectivity index (χ4n) is 2.62. The summed E-state index contributed by atoms with van der Waals surface area (Å²) in [4.78, 5) is 0. The predicted octanol–water partition coefficient (Wildman–Crippen LogP) is 3.74. The third-order valence-corrected chi connectivity index (χ3v) is 3.57. The van der Waals surface area contributed by atoms with Gasteiger partial charge >= 0.3 is 6.18 Å². The van der Waals surface area contributed by atoms with E-state index in [1.807, 2.05) is 0 Å². The number of hydrogen-bond acceptors (Lipinski definition) is 2. The molecule has 0 fully saturated rings. The lowest BCUT2D eigenvalue weighted by Gasteiger charge is -2.38. The molecular weight excluding hydrogens is 288 g/mol. The van der Waals surface area contributed by atoms with Gasteiger partial charge in [-0.25, -0.2) is 4.39 Å². The van der Waals surface area contributed by atoms with Gasteiger partial charge in [0, 0.05) is 7.11 Å². The number of ether oxygens (including phenoxy) is 1. The Hall–Kier alpha value is -1.14. The molecule has 1 unspecified atom stereocenters. The second kappa shape index (κ2) is 5.93. The molecule has 1 atom stereocenters. The Bertz CT molecular complexity index is 497. The maximum Gasteiger partial charge on any atom is 0.419 e. The molecule has 1 aromatic carbocycles. The second-order valence-corrected chi connectivity index (χ2v) is 5.98. The van der Waals surface area contributed by atoms with Gasteiger partial charge in [-0.1, -0.05) is 19.9 Å². The van der Waals surface area contributed by atoms with E-state index in [9.17, 15) is 22.7 Å². The summed E-state index contributed by atoms with van der Waals surface area (Å²) in [6, 6.07) is 3.97. The van der Waals surface area contributed by atoms with E-state index in [0.717, 1.165) is 7.11 Å². The van der Waals surface area contributed by atoms with Crippen molar-refractivity contribution in [3.63, 3.8) is 0 Å². The van der Waals surface area contributed by atoms with Gasteiger partial charge in [0.15, 0.2) is 5.60 Å². The van der Waals surface area contributed by atoms with Crippen LogP contribution >= 0.6 is 0 Å². The van der Waals surface area contributed by atoms with Crippen LogP contribution < -0.4 is 0 Å². The molecule has 21 heavy (non-hydrogen) atoms. The Labute approximate surface area is 121 Å². The third kappa shape index (κ3) is 3.95. The molecule has 0 aliphatic rings. The van der Waals surface area contributed by atoms with Crippen LogP contribution in [0, 0.1) is 12.7 Å². The minimum atomic E-state index is -4.83. The van der Waals surface area contributed by atoms with Crippen LogP contribution in [-0.2, 0) is 10.2 Å². The molecule has 1 rings (SSSR count). The maximum absolute atomic E-state index is 13.4. The third-order valence-electron chi connectivity index (χ3n) is 3.57. The normalized spacial score (nSPS) is 15.9. The van der Waals surface area contributed by atoms with Crippen LogP contribution in [0.1, 0.15) is 31.4 Å². The minimum absolute atomic E-state index is 0.432. The van der Waals surface area contributed by atoms with Crippen molar-refractivity contribution >= 4 is 0 Å². The van der Waals surface area contributed by atoms with Crippen molar-refractivity contribution < 1.29 is 27.4 Å². The summed E-state index contributed by atoms with van der Waals surface area (Å²) in [6.07, 6.45) is -5.46. The van der Waals surface area contributed by atoms with Gasteiger partial charge in [-0.15, -0.1) is 0 Å². The van der Waals surface area contributed by atoms with Gasteiger partial charge in [0.2, 0.25) is 0 Å². The van der Waals surface area contributed by atoms with Crippen molar-refractivity contribution in [2.45, 2.75) is 44.4 Å². The van der Waals surface area contributed by atoms with Gasteiger partial charge < -0.3 is 9.84 Å². The lowest BCUT2D eigenvalue weighted by Crippen LogP contribution is -2.52. The molecule has 0 saturated heterocycles. The summed E-state index contributed by atoms with van der Waals surface area (Å²) in [5, 5.41) is 9.96. The van der Waals surface area contributed by atoms with E-state index in [2.05, 4.69) is 4.74 Å². The molecule has 0 radical (unpaired) electrons.